The summed E-state index contributed by atoms with van der Waals surface area (Å²) in [6, 6.07) is 8.97. The molecule has 0 spiro atoms. The molecule has 3 atom stereocenters. The van der Waals surface area contributed by atoms with Crippen LogP contribution >= 0.6 is 0 Å². The van der Waals surface area contributed by atoms with E-state index in [0.29, 0.717) is 32.2 Å². The van der Waals surface area contributed by atoms with Crippen LogP contribution in [0.1, 0.15) is 31.2 Å². The average molecular weight is 391 g/mol. The predicted octanol–water partition coefficient (Wildman–Crippen LogP) is 1.40. The van der Waals surface area contributed by atoms with Gasteiger partial charge in [0.1, 0.15) is 6.10 Å². The summed E-state index contributed by atoms with van der Waals surface area (Å²) in [5.41, 5.74) is 1.03. The minimum Gasteiger partial charge on any atom is -0.481 e. The molecular weight excluding hydrogens is 362 g/mol. The molecule has 3 N–H and O–H groups in total. The number of carbonyl (C=O) groups excluding carboxylic acids is 2. The first-order valence-corrected chi connectivity index (χ1v) is 9.52. The molecule has 1 fully saturated rings. The Kier molecular flexibility index (Phi) is 8.25. The van der Waals surface area contributed by atoms with E-state index in [-0.39, 0.29) is 30.5 Å². The van der Waals surface area contributed by atoms with Crippen LogP contribution in [-0.4, -0.2) is 66.8 Å². The maximum Gasteiger partial charge on any atom is 0.315 e. The molecule has 1 aromatic carbocycles. The van der Waals surface area contributed by atoms with E-state index < -0.39 is 12.1 Å². The quantitative estimate of drug-likeness (QED) is 0.590. The van der Waals surface area contributed by atoms with Gasteiger partial charge in [0, 0.05) is 33.1 Å². The maximum atomic E-state index is 12.3. The van der Waals surface area contributed by atoms with E-state index in [2.05, 4.69) is 10.6 Å². The van der Waals surface area contributed by atoms with Gasteiger partial charge < -0.3 is 25.4 Å². The molecule has 3 amide bonds. The second-order valence-electron chi connectivity index (χ2n) is 7.23. The van der Waals surface area contributed by atoms with Crippen LogP contribution in [0.5, 0.6) is 0 Å². The van der Waals surface area contributed by atoms with E-state index in [1.165, 1.54) is 4.90 Å². The highest BCUT2D eigenvalue weighted by atomic mass is 16.5. The number of likely N-dealkylation sites (N-methyl/N-ethyl adjacent to an activating group) is 1. The third-order valence-electron chi connectivity index (χ3n) is 4.68. The second-order valence-corrected chi connectivity index (χ2v) is 7.23. The third kappa shape index (κ3) is 7.19. The fourth-order valence-corrected chi connectivity index (χ4v) is 3.19. The van der Waals surface area contributed by atoms with Crippen molar-refractivity contribution < 1.29 is 24.2 Å². The highest BCUT2D eigenvalue weighted by Gasteiger charge is 2.31. The molecule has 28 heavy (non-hydrogen) atoms. The molecule has 8 nitrogen and oxygen atoms in total. The Balaban J connectivity index is 1.80. The van der Waals surface area contributed by atoms with Gasteiger partial charge in [-0.05, 0) is 31.2 Å². The molecule has 1 aromatic rings. The fourth-order valence-electron chi connectivity index (χ4n) is 3.19. The van der Waals surface area contributed by atoms with Gasteiger partial charge in [-0.3, -0.25) is 9.59 Å². The lowest BCUT2D eigenvalue weighted by atomic mass is 10.0. The predicted molar refractivity (Wildman–Crippen MR) is 104 cm³/mol. The minimum absolute atomic E-state index is 0.0160. The standard InChI is InChI=1S/C20H29N3O5/c1-23(2)19(26)17-10-9-16(28-17)13-21-20(27)22-15(8-11-18(24)25)12-14-6-4-3-5-7-14/h3-7,15-17H,8-13H2,1-2H3,(H,24,25)(H2,21,22,27). The van der Waals surface area contributed by atoms with Gasteiger partial charge in [0.2, 0.25) is 0 Å². The Hall–Kier alpha value is -2.61. The number of aliphatic carboxylic acids is 1. The van der Waals surface area contributed by atoms with Crippen LogP contribution in [0.2, 0.25) is 0 Å². The fraction of sp³-hybridized carbons (Fsp3) is 0.550. The van der Waals surface area contributed by atoms with Crippen LogP contribution in [0.3, 0.4) is 0 Å². The molecule has 0 bridgehead atoms. The van der Waals surface area contributed by atoms with Crippen LogP contribution in [0.25, 0.3) is 0 Å². The summed E-state index contributed by atoms with van der Waals surface area (Å²) in [5, 5.41) is 14.6. The average Bonchev–Trinajstić information content (AvgIpc) is 3.13. The number of rotatable bonds is 9. The number of hydrogen-bond acceptors (Lipinski definition) is 4. The van der Waals surface area contributed by atoms with Gasteiger partial charge in [0.15, 0.2) is 0 Å². The molecular formula is C20H29N3O5. The Morgan fingerprint density at radius 2 is 1.93 bits per heavy atom. The molecule has 0 aliphatic carbocycles. The summed E-state index contributed by atoms with van der Waals surface area (Å²) in [4.78, 5) is 36.6. The zero-order chi connectivity index (χ0) is 20.5. The summed E-state index contributed by atoms with van der Waals surface area (Å²) in [5.74, 6) is -0.959. The van der Waals surface area contributed by atoms with Gasteiger partial charge in [-0.2, -0.15) is 0 Å². The normalized spacial score (nSPS) is 19.6. The summed E-state index contributed by atoms with van der Waals surface area (Å²) in [6.45, 7) is 0.306. The minimum atomic E-state index is -0.892. The number of nitrogens with zero attached hydrogens (tertiary/aromatic N) is 1. The molecule has 1 aliphatic rings. The van der Waals surface area contributed by atoms with E-state index in [9.17, 15) is 14.4 Å². The van der Waals surface area contributed by atoms with Crippen molar-refractivity contribution in [2.45, 2.75) is 50.4 Å². The van der Waals surface area contributed by atoms with E-state index in [4.69, 9.17) is 9.84 Å². The summed E-state index contributed by atoms with van der Waals surface area (Å²) >= 11 is 0. The van der Waals surface area contributed by atoms with Gasteiger partial charge in [-0.15, -0.1) is 0 Å². The van der Waals surface area contributed by atoms with Crippen molar-refractivity contribution in [3.05, 3.63) is 35.9 Å². The van der Waals surface area contributed by atoms with Gasteiger partial charge in [-0.25, -0.2) is 4.79 Å². The first kappa shape index (κ1) is 21.7. The molecule has 8 heteroatoms. The van der Waals surface area contributed by atoms with Crippen molar-refractivity contribution in [1.29, 1.82) is 0 Å². The van der Waals surface area contributed by atoms with E-state index in [1.54, 1.807) is 14.1 Å². The van der Waals surface area contributed by atoms with Crippen LogP contribution in [0.4, 0.5) is 4.79 Å². The smallest absolute Gasteiger partial charge is 0.315 e. The number of carbonyl (C=O) groups is 3. The Bertz CT molecular complexity index is 665. The van der Waals surface area contributed by atoms with Crippen LogP contribution in [0.15, 0.2) is 30.3 Å². The highest BCUT2D eigenvalue weighted by Crippen LogP contribution is 2.20. The largest absolute Gasteiger partial charge is 0.481 e. The Morgan fingerprint density at radius 3 is 2.57 bits per heavy atom. The van der Waals surface area contributed by atoms with Crippen molar-refractivity contribution in [2.75, 3.05) is 20.6 Å². The number of carboxylic acids is 1. The van der Waals surface area contributed by atoms with Crippen molar-refractivity contribution in [1.82, 2.24) is 15.5 Å². The molecule has 0 radical (unpaired) electrons. The molecule has 154 valence electrons. The molecule has 2 rings (SSSR count). The van der Waals surface area contributed by atoms with E-state index in [1.807, 2.05) is 30.3 Å². The number of amides is 3. The van der Waals surface area contributed by atoms with Crippen molar-refractivity contribution in [3.8, 4) is 0 Å². The first-order valence-electron chi connectivity index (χ1n) is 9.52. The maximum absolute atomic E-state index is 12.3. The number of nitrogens with one attached hydrogen (secondary N) is 2. The molecule has 0 aromatic heterocycles. The molecule has 1 aliphatic heterocycles. The lowest BCUT2D eigenvalue weighted by Gasteiger charge is -2.20. The number of carboxylic acid groups (broad SMARTS) is 1. The van der Waals surface area contributed by atoms with Gasteiger partial charge in [0.25, 0.3) is 5.91 Å². The zero-order valence-electron chi connectivity index (χ0n) is 16.4. The van der Waals surface area contributed by atoms with Crippen LogP contribution in [-0.2, 0) is 20.7 Å². The van der Waals surface area contributed by atoms with Crippen molar-refractivity contribution in [3.63, 3.8) is 0 Å². The van der Waals surface area contributed by atoms with Crippen molar-refractivity contribution in [2.24, 2.45) is 0 Å². The number of ether oxygens (including phenoxy) is 1. The molecule has 0 saturated carbocycles. The first-order chi connectivity index (χ1) is 13.3. The van der Waals surface area contributed by atoms with Crippen LogP contribution < -0.4 is 10.6 Å². The Labute approximate surface area is 165 Å². The topological polar surface area (TPSA) is 108 Å². The second kappa shape index (κ2) is 10.7. The van der Waals surface area contributed by atoms with Crippen LogP contribution in [0, 0.1) is 0 Å². The Morgan fingerprint density at radius 1 is 1.21 bits per heavy atom. The highest BCUT2D eigenvalue weighted by molar-refractivity contribution is 5.80. The molecule has 1 heterocycles. The number of hydrogen-bond donors (Lipinski definition) is 3. The number of benzene rings is 1. The third-order valence-corrected chi connectivity index (χ3v) is 4.68. The van der Waals surface area contributed by atoms with E-state index in [0.717, 1.165) is 5.56 Å². The van der Waals surface area contributed by atoms with Gasteiger partial charge in [0.05, 0.1) is 6.10 Å². The van der Waals surface area contributed by atoms with E-state index >= 15 is 0 Å². The SMILES string of the molecule is CN(C)C(=O)C1CCC(CNC(=O)NC(CCC(=O)O)Cc2ccccc2)O1. The zero-order valence-corrected chi connectivity index (χ0v) is 16.4. The lowest BCUT2D eigenvalue weighted by Crippen LogP contribution is -2.45. The molecule has 3 unspecified atom stereocenters. The number of urea groups is 1. The van der Waals surface area contributed by atoms with Gasteiger partial charge in [-0.1, -0.05) is 30.3 Å². The monoisotopic (exact) mass is 391 g/mol. The molecule has 1 saturated heterocycles. The summed E-state index contributed by atoms with van der Waals surface area (Å²) < 4.78 is 5.70. The lowest BCUT2D eigenvalue weighted by molar-refractivity contribution is -0.140. The summed E-state index contributed by atoms with van der Waals surface area (Å²) in [7, 11) is 3.38. The summed E-state index contributed by atoms with van der Waals surface area (Å²) in [6.07, 6.45) is 1.57. The van der Waals surface area contributed by atoms with Gasteiger partial charge >= 0.3 is 12.0 Å². The van der Waals surface area contributed by atoms with Crippen molar-refractivity contribution >= 4 is 17.9 Å².